The molecule has 0 bridgehead atoms. The molecule has 1 heterocycles. The van der Waals surface area contributed by atoms with Gasteiger partial charge in [-0.1, -0.05) is 18.2 Å². The van der Waals surface area contributed by atoms with E-state index < -0.39 is 0 Å². The third-order valence-electron chi connectivity index (χ3n) is 2.43. The monoisotopic (exact) mass is 207 g/mol. The average Bonchev–Trinajstić information content (AvgIpc) is 2.17. The van der Waals surface area contributed by atoms with Crippen molar-refractivity contribution >= 4 is 5.69 Å². The molecule has 0 spiro atoms. The number of rotatable bonds is 2. The second-order valence-corrected chi connectivity index (χ2v) is 3.89. The van der Waals surface area contributed by atoms with Gasteiger partial charge < -0.3 is 14.8 Å². The van der Waals surface area contributed by atoms with Gasteiger partial charge in [0.15, 0.2) is 6.29 Å². The van der Waals surface area contributed by atoms with Crippen molar-refractivity contribution in [1.29, 1.82) is 0 Å². The third kappa shape index (κ3) is 2.94. The fourth-order valence-corrected chi connectivity index (χ4v) is 1.82. The van der Waals surface area contributed by atoms with E-state index in [4.69, 9.17) is 9.47 Å². The van der Waals surface area contributed by atoms with Crippen molar-refractivity contribution < 1.29 is 9.47 Å². The van der Waals surface area contributed by atoms with Gasteiger partial charge in [0.05, 0.1) is 6.10 Å². The Bertz CT molecular complexity index is 292. The summed E-state index contributed by atoms with van der Waals surface area (Å²) >= 11 is 0. The van der Waals surface area contributed by atoms with Crippen molar-refractivity contribution in [3.63, 3.8) is 0 Å². The molecule has 1 aromatic rings. The molecule has 2 rings (SSSR count). The van der Waals surface area contributed by atoms with E-state index >= 15 is 0 Å². The van der Waals surface area contributed by atoms with Crippen molar-refractivity contribution in [1.82, 2.24) is 0 Å². The minimum atomic E-state index is -0.130. The number of para-hydroxylation sites is 1. The average molecular weight is 207 g/mol. The van der Waals surface area contributed by atoms with Crippen LogP contribution in [0.1, 0.15) is 20.3 Å². The summed E-state index contributed by atoms with van der Waals surface area (Å²) in [7, 11) is 0. The van der Waals surface area contributed by atoms with Crippen LogP contribution in [0.2, 0.25) is 0 Å². The first-order valence-electron chi connectivity index (χ1n) is 5.36. The third-order valence-corrected chi connectivity index (χ3v) is 2.43. The molecule has 0 aromatic heterocycles. The van der Waals surface area contributed by atoms with E-state index in [1.807, 2.05) is 37.3 Å². The number of benzene rings is 1. The molecule has 0 saturated carbocycles. The zero-order valence-corrected chi connectivity index (χ0v) is 9.14. The standard InChI is InChI=1S/C12H17NO2/c1-9-8-12(15-10(2)14-9)13-11-6-4-3-5-7-11/h3-7,9-10,12-13H,8H2,1-2H3. The highest BCUT2D eigenvalue weighted by atomic mass is 16.7. The summed E-state index contributed by atoms with van der Waals surface area (Å²) in [5.74, 6) is 0. The minimum absolute atomic E-state index is 0.0474. The second-order valence-electron chi connectivity index (χ2n) is 3.89. The zero-order valence-electron chi connectivity index (χ0n) is 9.14. The lowest BCUT2D eigenvalue weighted by Gasteiger charge is -2.33. The Hall–Kier alpha value is -1.06. The van der Waals surface area contributed by atoms with E-state index in [0.717, 1.165) is 12.1 Å². The van der Waals surface area contributed by atoms with Gasteiger partial charge >= 0.3 is 0 Å². The summed E-state index contributed by atoms with van der Waals surface area (Å²) < 4.78 is 11.1. The van der Waals surface area contributed by atoms with Gasteiger partial charge in [-0.3, -0.25) is 0 Å². The predicted molar refractivity (Wildman–Crippen MR) is 59.6 cm³/mol. The van der Waals surface area contributed by atoms with Crippen molar-refractivity contribution in [2.24, 2.45) is 0 Å². The molecule has 0 radical (unpaired) electrons. The van der Waals surface area contributed by atoms with Crippen LogP contribution in [0.3, 0.4) is 0 Å². The molecule has 1 N–H and O–H groups in total. The number of anilines is 1. The lowest BCUT2D eigenvalue weighted by molar-refractivity contribution is -0.222. The molecule has 0 amide bonds. The molecule has 82 valence electrons. The summed E-state index contributed by atoms with van der Waals surface area (Å²) in [6.07, 6.45) is 1.04. The van der Waals surface area contributed by atoms with Gasteiger partial charge in [0.25, 0.3) is 0 Å². The van der Waals surface area contributed by atoms with Crippen molar-refractivity contribution in [2.75, 3.05) is 5.32 Å². The highest BCUT2D eigenvalue weighted by molar-refractivity contribution is 5.42. The quantitative estimate of drug-likeness (QED) is 0.808. The van der Waals surface area contributed by atoms with Gasteiger partial charge in [-0.15, -0.1) is 0 Å². The van der Waals surface area contributed by atoms with Crippen molar-refractivity contribution in [2.45, 2.75) is 38.9 Å². The van der Waals surface area contributed by atoms with Crippen LogP contribution in [0, 0.1) is 0 Å². The topological polar surface area (TPSA) is 30.5 Å². The molecule has 3 unspecified atom stereocenters. The van der Waals surface area contributed by atoms with E-state index in [-0.39, 0.29) is 18.6 Å². The summed E-state index contributed by atoms with van der Waals surface area (Å²) in [6, 6.07) is 10.1. The van der Waals surface area contributed by atoms with Crippen LogP contribution in [-0.4, -0.2) is 18.6 Å². The molecule has 1 aromatic carbocycles. The maximum atomic E-state index is 5.63. The summed E-state index contributed by atoms with van der Waals surface area (Å²) in [6.45, 7) is 3.99. The summed E-state index contributed by atoms with van der Waals surface area (Å²) in [5, 5.41) is 3.34. The SMILES string of the molecule is CC1CC(Nc2ccccc2)OC(C)O1. The zero-order chi connectivity index (χ0) is 10.7. The van der Waals surface area contributed by atoms with Crippen molar-refractivity contribution in [3.05, 3.63) is 30.3 Å². The van der Waals surface area contributed by atoms with E-state index in [2.05, 4.69) is 12.2 Å². The minimum Gasteiger partial charge on any atom is -0.360 e. The fraction of sp³-hybridized carbons (Fsp3) is 0.500. The lowest BCUT2D eigenvalue weighted by atomic mass is 10.2. The Balaban J connectivity index is 1.94. The number of hydrogen-bond acceptors (Lipinski definition) is 3. The molecule has 3 nitrogen and oxygen atoms in total. The fourth-order valence-electron chi connectivity index (χ4n) is 1.82. The Labute approximate surface area is 90.4 Å². The normalized spacial score (nSPS) is 31.2. The highest BCUT2D eigenvalue weighted by Crippen LogP contribution is 2.19. The molecule has 15 heavy (non-hydrogen) atoms. The molecule has 1 fully saturated rings. The van der Waals surface area contributed by atoms with Gasteiger partial charge in [-0.25, -0.2) is 0 Å². The van der Waals surface area contributed by atoms with Crippen LogP contribution in [0.5, 0.6) is 0 Å². The Morgan fingerprint density at radius 3 is 2.53 bits per heavy atom. The molecular formula is C12H17NO2. The van der Waals surface area contributed by atoms with Crippen LogP contribution >= 0.6 is 0 Å². The number of hydrogen-bond donors (Lipinski definition) is 1. The number of ether oxygens (including phenoxy) is 2. The Morgan fingerprint density at radius 1 is 1.13 bits per heavy atom. The van der Waals surface area contributed by atoms with Gasteiger partial charge in [-0.2, -0.15) is 0 Å². The van der Waals surface area contributed by atoms with Gasteiger partial charge in [0, 0.05) is 12.1 Å². The van der Waals surface area contributed by atoms with Crippen LogP contribution < -0.4 is 5.32 Å². The van der Waals surface area contributed by atoms with E-state index in [1.54, 1.807) is 0 Å². The lowest BCUT2D eigenvalue weighted by Crippen LogP contribution is -2.39. The van der Waals surface area contributed by atoms with Crippen molar-refractivity contribution in [3.8, 4) is 0 Å². The van der Waals surface area contributed by atoms with Gasteiger partial charge in [-0.05, 0) is 26.0 Å². The molecule has 0 aliphatic carbocycles. The molecular weight excluding hydrogens is 190 g/mol. The Morgan fingerprint density at radius 2 is 1.87 bits per heavy atom. The molecule has 1 aliphatic rings. The van der Waals surface area contributed by atoms with Crippen LogP contribution in [-0.2, 0) is 9.47 Å². The highest BCUT2D eigenvalue weighted by Gasteiger charge is 2.24. The first-order valence-corrected chi connectivity index (χ1v) is 5.36. The number of nitrogens with one attached hydrogen (secondary N) is 1. The molecule has 1 aliphatic heterocycles. The van der Waals surface area contributed by atoms with E-state index in [9.17, 15) is 0 Å². The molecule has 3 heteroatoms. The maximum Gasteiger partial charge on any atom is 0.157 e. The summed E-state index contributed by atoms with van der Waals surface area (Å²) in [5.41, 5.74) is 1.09. The first-order chi connectivity index (χ1) is 7.24. The largest absolute Gasteiger partial charge is 0.360 e. The van der Waals surface area contributed by atoms with E-state index in [1.165, 1.54) is 0 Å². The molecule has 1 saturated heterocycles. The smallest absolute Gasteiger partial charge is 0.157 e. The van der Waals surface area contributed by atoms with Crippen LogP contribution in [0.4, 0.5) is 5.69 Å². The predicted octanol–water partition coefficient (Wildman–Crippen LogP) is 2.60. The van der Waals surface area contributed by atoms with Crippen LogP contribution in [0.15, 0.2) is 30.3 Å². The first kappa shape index (κ1) is 10.5. The van der Waals surface area contributed by atoms with Crippen LogP contribution in [0.25, 0.3) is 0 Å². The summed E-state index contributed by atoms with van der Waals surface area (Å²) in [4.78, 5) is 0. The van der Waals surface area contributed by atoms with Gasteiger partial charge in [0.1, 0.15) is 6.23 Å². The van der Waals surface area contributed by atoms with E-state index in [0.29, 0.717) is 0 Å². The molecule has 3 atom stereocenters. The maximum absolute atomic E-state index is 5.63. The Kier molecular flexibility index (Phi) is 3.23. The second kappa shape index (κ2) is 4.64. The van der Waals surface area contributed by atoms with Gasteiger partial charge in [0.2, 0.25) is 0 Å².